The van der Waals surface area contributed by atoms with E-state index in [4.69, 9.17) is 5.11 Å². The molecule has 0 atom stereocenters. The van der Waals surface area contributed by atoms with Gasteiger partial charge in [-0.1, -0.05) is 6.92 Å². The second-order valence-electron chi connectivity index (χ2n) is 1.83. The van der Waals surface area contributed by atoms with Crippen molar-refractivity contribution in [3.63, 3.8) is 0 Å². The number of hydrogen-bond acceptors (Lipinski definition) is 4. The van der Waals surface area contributed by atoms with Crippen LogP contribution in [0.5, 0.6) is 0 Å². The summed E-state index contributed by atoms with van der Waals surface area (Å²) >= 11 is 0. The van der Waals surface area contributed by atoms with E-state index in [1.807, 2.05) is 6.92 Å². The van der Waals surface area contributed by atoms with Gasteiger partial charge in [0.05, 0.1) is 13.7 Å². The third-order valence-corrected chi connectivity index (χ3v) is 0.976. The first-order valence-electron chi connectivity index (χ1n) is 3.31. The number of aliphatic hydroxyl groups is 1. The standard InChI is InChI=1S/C7H12O4/c1-3-4-11-7(9)6(5-8)10-2/h5,8H,3-4H2,1-2H3/b6-5-. The van der Waals surface area contributed by atoms with E-state index in [2.05, 4.69) is 9.47 Å². The van der Waals surface area contributed by atoms with Crippen molar-refractivity contribution in [2.24, 2.45) is 0 Å². The number of esters is 1. The van der Waals surface area contributed by atoms with E-state index in [1.165, 1.54) is 7.11 Å². The maximum Gasteiger partial charge on any atom is 0.376 e. The SMILES string of the molecule is CCCOC(=O)/C(=C/O)OC. The van der Waals surface area contributed by atoms with Crippen molar-refractivity contribution in [1.82, 2.24) is 0 Å². The highest BCUT2D eigenvalue weighted by Gasteiger charge is 2.09. The lowest BCUT2D eigenvalue weighted by atomic mass is 10.5. The van der Waals surface area contributed by atoms with Crippen molar-refractivity contribution in [3.8, 4) is 0 Å². The fourth-order valence-electron chi connectivity index (χ4n) is 0.455. The quantitative estimate of drug-likeness (QED) is 0.378. The summed E-state index contributed by atoms with van der Waals surface area (Å²) in [5.74, 6) is -0.824. The Labute approximate surface area is 65.4 Å². The molecule has 0 aromatic carbocycles. The van der Waals surface area contributed by atoms with Crippen LogP contribution >= 0.6 is 0 Å². The fraction of sp³-hybridized carbons (Fsp3) is 0.571. The molecule has 64 valence electrons. The molecule has 0 bridgehead atoms. The first-order valence-corrected chi connectivity index (χ1v) is 3.31. The van der Waals surface area contributed by atoms with Gasteiger partial charge in [0.15, 0.2) is 0 Å². The molecule has 0 rings (SSSR count). The van der Waals surface area contributed by atoms with Gasteiger partial charge in [-0.25, -0.2) is 4.79 Å². The molecule has 0 aliphatic rings. The predicted octanol–water partition coefficient (Wildman–Crippen LogP) is 0.985. The highest BCUT2D eigenvalue weighted by Crippen LogP contribution is 1.97. The van der Waals surface area contributed by atoms with E-state index < -0.39 is 5.97 Å². The molecule has 0 aromatic heterocycles. The lowest BCUT2D eigenvalue weighted by molar-refractivity contribution is -0.142. The Morgan fingerprint density at radius 1 is 1.64 bits per heavy atom. The molecule has 0 radical (unpaired) electrons. The van der Waals surface area contributed by atoms with Gasteiger partial charge in [0.25, 0.3) is 0 Å². The largest absolute Gasteiger partial charge is 0.511 e. The van der Waals surface area contributed by atoms with Gasteiger partial charge < -0.3 is 14.6 Å². The zero-order valence-electron chi connectivity index (χ0n) is 6.66. The summed E-state index contributed by atoms with van der Waals surface area (Å²) in [6.45, 7) is 2.21. The topological polar surface area (TPSA) is 55.8 Å². The van der Waals surface area contributed by atoms with Crippen molar-refractivity contribution in [3.05, 3.63) is 12.0 Å². The van der Waals surface area contributed by atoms with E-state index in [9.17, 15) is 4.79 Å². The van der Waals surface area contributed by atoms with Crippen LogP contribution in [0.2, 0.25) is 0 Å². The second-order valence-corrected chi connectivity index (χ2v) is 1.83. The molecule has 4 heteroatoms. The van der Waals surface area contributed by atoms with Gasteiger partial charge in [0.1, 0.15) is 6.26 Å². The Hall–Kier alpha value is -1.19. The molecule has 0 saturated heterocycles. The van der Waals surface area contributed by atoms with Crippen molar-refractivity contribution in [2.75, 3.05) is 13.7 Å². The average Bonchev–Trinajstić information content (AvgIpc) is 2.03. The third-order valence-electron chi connectivity index (χ3n) is 0.976. The van der Waals surface area contributed by atoms with Gasteiger partial charge in [-0.05, 0) is 6.42 Å². The molecule has 0 unspecified atom stereocenters. The zero-order valence-corrected chi connectivity index (χ0v) is 6.66. The van der Waals surface area contributed by atoms with E-state index in [0.717, 1.165) is 6.42 Å². The molecule has 0 aliphatic carbocycles. The molecule has 1 N–H and O–H groups in total. The molecular formula is C7H12O4. The Bertz CT molecular complexity index is 151. The fourth-order valence-corrected chi connectivity index (χ4v) is 0.455. The van der Waals surface area contributed by atoms with Crippen LogP contribution in [0.25, 0.3) is 0 Å². The van der Waals surface area contributed by atoms with E-state index in [0.29, 0.717) is 12.9 Å². The molecule has 0 fully saturated rings. The van der Waals surface area contributed by atoms with E-state index in [1.54, 1.807) is 0 Å². The van der Waals surface area contributed by atoms with Gasteiger partial charge in [-0.2, -0.15) is 0 Å². The number of hydrogen-bond donors (Lipinski definition) is 1. The lowest BCUT2D eigenvalue weighted by Gasteiger charge is -2.03. The second kappa shape index (κ2) is 5.58. The molecule has 0 saturated carbocycles. The van der Waals surface area contributed by atoms with Crippen LogP contribution in [0.4, 0.5) is 0 Å². The third kappa shape index (κ3) is 3.50. The minimum absolute atomic E-state index is 0.182. The predicted molar refractivity (Wildman–Crippen MR) is 39.0 cm³/mol. The van der Waals surface area contributed by atoms with Gasteiger partial charge in [-0.3, -0.25) is 0 Å². The highest BCUT2D eigenvalue weighted by atomic mass is 16.6. The van der Waals surface area contributed by atoms with Gasteiger partial charge in [-0.15, -0.1) is 0 Å². The summed E-state index contributed by atoms with van der Waals surface area (Å²) in [7, 11) is 1.29. The minimum atomic E-state index is -0.642. The van der Waals surface area contributed by atoms with Crippen LogP contribution in [-0.4, -0.2) is 24.8 Å². The highest BCUT2D eigenvalue weighted by molar-refractivity contribution is 5.85. The summed E-state index contributed by atoms with van der Waals surface area (Å²) in [5.41, 5.74) is 0. The maximum atomic E-state index is 10.8. The van der Waals surface area contributed by atoms with Gasteiger partial charge >= 0.3 is 5.97 Å². The van der Waals surface area contributed by atoms with Crippen molar-refractivity contribution < 1.29 is 19.4 Å². The molecule has 0 aromatic rings. The van der Waals surface area contributed by atoms with Crippen LogP contribution in [0.3, 0.4) is 0 Å². The Morgan fingerprint density at radius 2 is 2.27 bits per heavy atom. The molecule has 0 spiro atoms. The monoisotopic (exact) mass is 160 g/mol. The molecule has 4 nitrogen and oxygen atoms in total. The first-order chi connectivity index (χ1) is 5.26. The number of carbonyl (C=O) groups is 1. The van der Waals surface area contributed by atoms with Gasteiger partial charge in [0, 0.05) is 0 Å². The smallest absolute Gasteiger partial charge is 0.376 e. The van der Waals surface area contributed by atoms with Crippen LogP contribution in [-0.2, 0) is 14.3 Å². The zero-order chi connectivity index (χ0) is 8.69. The van der Waals surface area contributed by atoms with E-state index in [-0.39, 0.29) is 5.76 Å². The lowest BCUT2D eigenvalue weighted by Crippen LogP contribution is -2.09. The summed E-state index contributed by atoms with van der Waals surface area (Å²) < 4.78 is 9.14. The van der Waals surface area contributed by atoms with Crippen molar-refractivity contribution in [2.45, 2.75) is 13.3 Å². The minimum Gasteiger partial charge on any atom is -0.511 e. The Kier molecular flexibility index (Phi) is 4.98. The first kappa shape index (κ1) is 9.81. The number of aliphatic hydroxyl groups excluding tert-OH is 1. The van der Waals surface area contributed by atoms with Crippen LogP contribution in [0.1, 0.15) is 13.3 Å². The molecule has 0 amide bonds. The Balaban J connectivity index is 3.81. The van der Waals surface area contributed by atoms with Crippen molar-refractivity contribution >= 4 is 5.97 Å². The number of carbonyl (C=O) groups excluding carboxylic acids is 1. The van der Waals surface area contributed by atoms with Crippen LogP contribution in [0.15, 0.2) is 12.0 Å². The van der Waals surface area contributed by atoms with E-state index >= 15 is 0 Å². The number of rotatable bonds is 4. The number of methoxy groups -OCH3 is 1. The molecular weight excluding hydrogens is 148 g/mol. The average molecular weight is 160 g/mol. The summed E-state index contributed by atoms with van der Waals surface area (Å²) in [5, 5.41) is 8.41. The van der Waals surface area contributed by atoms with Gasteiger partial charge in [0.2, 0.25) is 5.76 Å². The number of ether oxygens (including phenoxy) is 2. The van der Waals surface area contributed by atoms with Crippen LogP contribution in [0, 0.1) is 0 Å². The summed E-state index contributed by atoms with van der Waals surface area (Å²) in [6, 6.07) is 0. The molecule has 0 heterocycles. The maximum absolute atomic E-state index is 10.8. The molecule has 0 aliphatic heterocycles. The summed E-state index contributed by atoms with van der Waals surface area (Å²) in [6.07, 6.45) is 1.33. The molecule has 11 heavy (non-hydrogen) atoms. The normalized spacial score (nSPS) is 10.9. The Morgan fingerprint density at radius 3 is 2.64 bits per heavy atom. The summed E-state index contributed by atoms with van der Waals surface area (Å²) in [4.78, 5) is 10.8. The van der Waals surface area contributed by atoms with Crippen LogP contribution < -0.4 is 0 Å². The van der Waals surface area contributed by atoms with Crippen molar-refractivity contribution in [1.29, 1.82) is 0 Å².